The fourth-order valence-electron chi connectivity index (χ4n) is 2.85. The van der Waals surface area contributed by atoms with Gasteiger partial charge in [-0.3, -0.25) is 4.90 Å². The second-order valence-electron chi connectivity index (χ2n) is 6.00. The minimum atomic E-state index is 0.134. The molecule has 3 nitrogen and oxygen atoms in total. The Hall–Kier alpha value is -0.120. The fraction of sp³-hybridized carbons (Fsp3) is 1.00. The Bertz CT molecular complexity index is 220. The SMILES string of the molecule is CCC1CN(C(C)(CN)CC(C)C)CCCO1. The molecule has 1 fully saturated rings. The summed E-state index contributed by atoms with van der Waals surface area (Å²) in [6.07, 6.45) is 3.78. The Morgan fingerprint density at radius 3 is 2.71 bits per heavy atom. The van der Waals surface area contributed by atoms with Crippen LogP contribution in [0.15, 0.2) is 0 Å². The van der Waals surface area contributed by atoms with E-state index >= 15 is 0 Å². The Kier molecular flexibility index (Phi) is 5.90. The van der Waals surface area contributed by atoms with Crippen LogP contribution >= 0.6 is 0 Å². The van der Waals surface area contributed by atoms with Gasteiger partial charge in [0.1, 0.15) is 0 Å². The maximum atomic E-state index is 6.04. The van der Waals surface area contributed by atoms with E-state index in [4.69, 9.17) is 10.5 Å². The molecule has 3 heteroatoms. The fourth-order valence-corrected chi connectivity index (χ4v) is 2.85. The maximum Gasteiger partial charge on any atom is 0.0699 e. The second-order valence-corrected chi connectivity index (χ2v) is 6.00. The number of ether oxygens (including phenoxy) is 1. The van der Waals surface area contributed by atoms with Gasteiger partial charge in [0.05, 0.1) is 6.10 Å². The molecule has 0 spiro atoms. The van der Waals surface area contributed by atoms with Gasteiger partial charge in [-0.2, -0.15) is 0 Å². The molecule has 102 valence electrons. The van der Waals surface area contributed by atoms with Gasteiger partial charge in [-0.25, -0.2) is 0 Å². The van der Waals surface area contributed by atoms with Gasteiger partial charge in [-0.15, -0.1) is 0 Å². The average molecular weight is 242 g/mol. The monoisotopic (exact) mass is 242 g/mol. The Labute approximate surface area is 107 Å². The molecule has 1 heterocycles. The van der Waals surface area contributed by atoms with Crippen molar-refractivity contribution in [2.45, 2.75) is 58.6 Å². The summed E-state index contributed by atoms with van der Waals surface area (Å²) in [6.45, 7) is 12.9. The highest BCUT2D eigenvalue weighted by molar-refractivity contribution is 4.90. The third-order valence-electron chi connectivity index (χ3n) is 3.86. The zero-order valence-corrected chi connectivity index (χ0v) is 12.0. The molecular formula is C14H30N2O. The third kappa shape index (κ3) is 4.23. The normalized spacial score (nSPS) is 26.8. The average Bonchev–Trinajstić information content (AvgIpc) is 2.53. The number of hydrogen-bond donors (Lipinski definition) is 1. The molecule has 0 aromatic carbocycles. The van der Waals surface area contributed by atoms with Crippen LogP contribution in [0.4, 0.5) is 0 Å². The van der Waals surface area contributed by atoms with Gasteiger partial charge in [-0.05, 0) is 32.1 Å². The van der Waals surface area contributed by atoms with Crippen molar-refractivity contribution < 1.29 is 4.74 Å². The van der Waals surface area contributed by atoms with Crippen molar-refractivity contribution in [3.05, 3.63) is 0 Å². The molecule has 0 bridgehead atoms. The molecule has 0 radical (unpaired) electrons. The van der Waals surface area contributed by atoms with E-state index in [0.717, 1.165) is 39.1 Å². The molecule has 2 N–H and O–H groups in total. The van der Waals surface area contributed by atoms with Gasteiger partial charge < -0.3 is 10.5 Å². The van der Waals surface area contributed by atoms with Gasteiger partial charge in [0, 0.05) is 31.8 Å². The second kappa shape index (κ2) is 6.72. The molecule has 1 rings (SSSR count). The Balaban J connectivity index is 2.71. The van der Waals surface area contributed by atoms with Crippen LogP contribution in [0.5, 0.6) is 0 Å². The number of nitrogens with zero attached hydrogens (tertiary/aromatic N) is 1. The minimum absolute atomic E-state index is 0.134. The highest BCUT2D eigenvalue weighted by Gasteiger charge is 2.33. The topological polar surface area (TPSA) is 38.5 Å². The predicted octanol–water partition coefficient (Wildman–Crippen LogP) is 2.25. The van der Waals surface area contributed by atoms with Gasteiger partial charge in [0.15, 0.2) is 0 Å². The van der Waals surface area contributed by atoms with E-state index in [1.165, 1.54) is 6.42 Å². The van der Waals surface area contributed by atoms with Crippen LogP contribution in [-0.4, -0.2) is 42.8 Å². The molecule has 1 saturated heterocycles. The van der Waals surface area contributed by atoms with Crippen molar-refractivity contribution in [1.29, 1.82) is 0 Å². The smallest absolute Gasteiger partial charge is 0.0699 e. The van der Waals surface area contributed by atoms with E-state index in [9.17, 15) is 0 Å². The molecule has 2 atom stereocenters. The molecule has 1 aliphatic rings. The summed E-state index contributed by atoms with van der Waals surface area (Å²) in [5.74, 6) is 0.688. The molecular weight excluding hydrogens is 212 g/mol. The number of rotatable bonds is 5. The van der Waals surface area contributed by atoms with Crippen molar-refractivity contribution in [1.82, 2.24) is 4.90 Å². The first-order valence-electron chi connectivity index (χ1n) is 7.08. The first-order valence-corrected chi connectivity index (χ1v) is 7.08. The largest absolute Gasteiger partial charge is 0.377 e. The van der Waals surface area contributed by atoms with E-state index in [-0.39, 0.29) is 5.54 Å². The molecule has 0 aromatic rings. The highest BCUT2D eigenvalue weighted by Crippen LogP contribution is 2.25. The molecule has 1 aliphatic heterocycles. The standard InChI is InChI=1S/C14H30N2O/c1-5-13-10-16(7-6-8-17-13)14(4,11-15)9-12(2)3/h12-13H,5-11,15H2,1-4H3. The summed E-state index contributed by atoms with van der Waals surface area (Å²) in [4.78, 5) is 2.56. The van der Waals surface area contributed by atoms with E-state index in [1.54, 1.807) is 0 Å². The summed E-state index contributed by atoms with van der Waals surface area (Å²) >= 11 is 0. The quantitative estimate of drug-likeness (QED) is 0.803. The number of nitrogens with two attached hydrogens (primary N) is 1. The molecule has 17 heavy (non-hydrogen) atoms. The van der Waals surface area contributed by atoms with Gasteiger partial charge in [0.2, 0.25) is 0 Å². The Morgan fingerprint density at radius 2 is 2.18 bits per heavy atom. The van der Waals surface area contributed by atoms with Crippen molar-refractivity contribution in [3.63, 3.8) is 0 Å². The van der Waals surface area contributed by atoms with Crippen LogP contribution in [0.3, 0.4) is 0 Å². The lowest BCUT2D eigenvalue weighted by Crippen LogP contribution is -2.54. The lowest BCUT2D eigenvalue weighted by Gasteiger charge is -2.42. The summed E-state index contributed by atoms with van der Waals surface area (Å²) in [7, 11) is 0. The molecule has 0 aromatic heterocycles. The summed E-state index contributed by atoms with van der Waals surface area (Å²) in [5, 5.41) is 0. The van der Waals surface area contributed by atoms with E-state index in [1.807, 2.05) is 0 Å². The van der Waals surface area contributed by atoms with Gasteiger partial charge >= 0.3 is 0 Å². The van der Waals surface area contributed by atoms with Crippen molar-refractivity contribution in [2.75, 3.05) is 26.2 Å². The van der Waals surface area contributed by atoms with Crippen LogP contribution in [0, 0.1) is 5.92 Å². The highest BCUT2D eigenvalue weighted by atomic mass is 16.5. The van der Waals surface area contributed by atoms with E-state index in [2.05, 4.69) is 32.6 Å². The van der Waals surface area contributed by atoms with Crippen LogP contribution in [0.25, 0.3) is 0 Å². The first-order chi connectivity index (χ1) is 8.01. The lowest BCUT2D eigenvalue weighted by molar-refractivity contribution is 0.0246. The van der Waals surface area contributed by atoms with Crippen molar-refractivity contribution in [2.24, 2.45) is 11.7 Å². The molecule has 0 amide bonds. The van der Waals surface area contributed by atoms with Gasteiger partial charge in [-0.1, -0.05) is 20.8 Å². The summed E-state index contributed by atoms with van der Waals surface area (Å²) in [5.41, 5.74) is 6.18. The summed E-state index contributed by atoms with van der Waals surface area (Å²) < 4.78 is 5.84. The lowest BCUT2D eigenvalue weighted by atomic mass is 9.88. The van der Waals surface area contributed by atoms with Crippen LogP contribution < -0.4 is 5.73 Å². The van der Waals surface area contributed by atoms with Crippen LogP contribution in [0.2, 0.25) is 0 Å². The van der Waals surface area contributed by atoms with E-state index in [0.29, 0.717) is 12.0 Å². The van der Waals surface area contributed by atoms with Crippen LogP contribution in [0.1, 0.15) is 47.0 Å². The Morgan fingerprint density at radius 1 is 1.47 bits per heavy atom. The maximum absolute atomic E-state index is 6.04. The van der Waals surface area contributed by atoms with Crippen molar-refractivity contribution >= 4 is 0 Å². The first kappa shape index (κ1) is 14.9. The number of hydrogen-bond acceptors (Lipinski definition) is 3. The molecule has 0 saturated carbocycles. The van der Waals surface area contributed by atoms with Gasteiger partial charge in [0.25, 0.3) is 0 Å². The van der Waals surface area contributed by atoms with Crippen molar-refractivity contribution in [3.8, 4) is 0 Å². The molecule has 0 aliphatic carbocycles. The third-order valence-corrected chi connectivity index (χ3v) is 3.86. The van der Waals surface area contributed by atoms with E-state index < -0.39 is 0 Å². The zero-order chi connectivity index (χ0) is 12.9. The zero-order valence-electron chi connectivity index (χ0n) is 12.0. The molecule has 2 unspecified atom stereocenters. The predicted molar refractivity (Wildman–Crippen MR) is 73.1 cm³/mol. The summed E-state index contributed by atoms with van der Waals surface area (Å²) in [6, 6.07) is 0. The van der Waals surface area contributed by atoms with Crippen LogP contribution in [-0.2, 0) is 4.74 Å². The minimum Gasteiger partial charge on any atom is -0.377 e.